The molecule has 0 spiro atoms. The Kier molecular flexibility index (Phi) is 3.26. The SMILES string of the molecule is CC(=O)N1CCN([C@@H]2CC[C@H](N)C2)CC1. The molecule has 4 heteroatoms. The van der Waals surface area contributed by atoms with Crippen LogP contribution in [-0.2, 0) is 4.79 Å². The minimum absolute atomic E-state index is 0.206. The van der Waals surface area contributed by atoms with E-state index in [0.717, 1.165) is 39.0 Å². The minimum atomic E-state index is 0.206. The summed E-state index contributed by atoms with van der Waals surface area (Å²) in [5.41, 5.74) is 5.92. The number of rotatable bonds is 1. The summed E-state index contributed by atoms with van der Waals surface area (Å²) in [5.74, 6) is 0.206. The Balaban J connectivity index is 1.80. The Morgan fingerprint density at radius 1 is 1.20 bits per heavy atom. The lowest BCUT2D eigenvalue weighted by atomic mass is 10.1. The number of carbonyl (C=O) groups excluding carboxylic acids is 1. The number of hydrogen-bond acceptors (Lipinski definition) is 3. The molecule has 86 valence electrons. The first kappa shape index (κ1) is 10.9. The van der Waals surface area contributed by atoms with Crippen LogP contribution < -0.4 is 5.73 Å². The summed E-state index contributed by atoms with van der Waals surface area (Å²) in [6, 6.07) is 1.08. The summed E-state index contributed by atoms with van der Waals surface area (Å²) >= 11 is 0. The van der Waals surface area contributed by atoms with E-state index in [1.165, 1.54) is 6.42 Å². The molecule has 0 aromatic rings. The van der Waals surface area contributed by atoms with Crippen LogP contribution in [0.5, 0.6) is 0 Å². The van der Waals surface area contributed by atoms with E-state index in [1.807, 2.05) is 4.90 Å². The van der Waals surface area contributed by atoms with E-state index in [1.54, 1.807) is 6.92 Å². The van der Waals surface area contributed by atoms with E-state index in [0.29, 0.717) is 12.1 Å². The lowest BCUT2D eigenvalue weighted by molar-refractivity contribution is -0.130. The molecule has 0 unspecified atom stereocenters. The molecular weight excluding hydrogens is 190 g/mol. The zero-order chi connectivity index (χ0) is 10.8. The van der Waals surface area contributed by atoms with Crippen LogP contribution in [0.2, 0.25) is 0 Å². The van der Waals surface area contributed by atoms with Crippen LogP contribution in [-0.4, -0.2) is 54.0 Å². The number of piperazine rings is 1. The fourth-order valence-corrected chi connectivity index (χ4v) is 2.73. The smallest absolute Gasteiger partial charge is 0.219 e. The quantitative estimate of drug-likeness (QED) is 0.666. The second kappa shape index (κ2) is 4.49. The maximum atomic E-state index is 11.2. The Hall–Kier alpha value is -0.610. The van der Waals surface area contributed by atoms with E-state index in [2.05, 4.69) is 4.90 Å². The Morgan fingerprint density at radius 2 is 1.87 bits per heavy atom. The van der Waals surface area contributed by atoms with Crippen LogP contribution in [0.3, 0.4) is 0 Å². The van der Waals surface area contributed by atoms with Gasteiger partial charge in [0, 0.05) is 45.2 Å². The van der Waals surface area contributed by atoms with Gasteiger partial charge in [0.2, 0.25) is 5.91 Å². The number of nitrogens with zero attached hydrogens (tertiary/aromatic N) is 2. The highest BCUT2D eigenvalue weighted by Gasteiger charge is 2.29. The fourth-order valence-electron chi connectivity index (χ4n) is 2.73. The highest BCUT2D eigenvalue weighted by atomic mass is 16.2. The molecule has 1 saturated heterocycles. The summed E-state index contributed by atoms with van der Waals surface area (Å²) < 4.78 is 0. The fraction of sp³-hybridized carbons (Fsp3) is 0.909. The van der Waals surface area contributed by atoms with E-state index in [9.17, 15) is 4.79 Å². The highest BCUT2D eigenvalue weighted by Crippen LogP contribution is 2.23. The van der Waals surface area contributed by atoms with Crippen LogP contribution in [0.4, 0.5) is 0 Å². The van der Waals surface area contributed by atoms with Crippen molar-refractivity contribution in [1.29, 1.82) is 0 Å². The summed E-state index contributed by atoms with van der Waals surface area (Å²) in [4.78, 5) is 15.6. The van der Waals surface area contributed by atoms with E-state index in [4.69, 9.17) is 5.73 Å². The molecule has 2 atom stereocenters. The molecule has 1 heterocycles. The molecule has 2 N–H and O–H groups in total. The van der Waals surface area contributed by atoms with Gasteiger partial charge in [0.25, 0.3) is 0 Å². The van der Waals surface area contributed by atoms with Crippen molar-refractivity contribution in [2.24, 2.45) is 5.73 Å². The van der Waals surface area contributed by atoms with Crippen molar-refractivity contribution < 1.29 is 4.79 Å². The normalized spacial score (nSPS) is 33.3. The van der Waals surface area contributed by atoms with Crippen molar-refractivity contribution in [2.75, 3.05) is 26.2 Å². The summed E-state index contributed by atoms with van der Waals surface area (Å²) in [5, 5.41) is 0. The van der Waals surface area contributed by atoms with Crippen LogP contribution in [0, 0.1) is 0 Å². The van der Waals surface area contributed by atoms with Crippen LogP contribution >= 0.6 is 0 Å². The van der Waals surface area contributed by atoms with Gasteiger partial charge in [-0.2, -0.15) is 0 Å². The summed E-state index contributed by atoms with van der Waals surface area (Å²) in [7, 11) is 0. The third-order valence-electron chi connectivity index (χ3n) is 3.72. The molecule has 0 aromatic heterocycles. The molecule has 2 rings (SSSR count). The average molecular weight is 211 g/mol. The van der Waals surface area contributed by atoms with Gasteiger partial charge in [-0.15, -0.1) is 0 Å². The Labute approximate surface area is 91.4 Å². The molecule has 4 nitrogen and oxygen atoms in total. The molecule has 2 aliphatic rings. The molecule has 0 aromatic carbocycles. The average Bonchev–Trinajstić information content (AvgIpc) is 2.65. The maximum Gasteiger partial charge on any atom is 0.219 e. The second-order valence-corrected chi connectivity index (χ2v) is 4.77. The van der Waals surface area contributed by atoms with Crippen LogP contribution in [0.15, 0.2) is 0 Å². The molecule has 1 amide bonds. The monoisotopic (exact) mass is 211 g/mol. The van der Waals surface area contributed by atoms with Gasteiger partial charge < -0.3 is 10.6 Å². The lowest BCUT2D eigenvalue weighted by Crippen LogP contribution is -2.51. The largest absolute Gasteiger partial charge is 0.340 e. The number of carbonyl (C=O) groups is 1. The van der Waals surface area contributed by atoms with Crippen molar-refractivity contribution in [3.8, 4) is 0 Å². The van der Waals surface area contributed by atoms with Gasteiger partial charge >= 0.3 is 0 Å². The zero-order valence-corrected chi connectivity index (χ0v) is 9.48. The van der Waals surface area contributed by atoms with Crippen LogP contribution in [0.1, 0.15) is 26.2 Å². The molecule has 0 bridgehead atoms. The predicted molar refractivity (Wildman–Crippen MR) is 59.4 cm³/mol. The van der Waals surface area contributed by atoms with Crippen LogP contribution in [0.25, 0.3) is 0 Å². The molecule has 0 radical (unpaired) electrons. The topological polar surface area (TPSA) is 49.6 Å². The van der Waals surface area contributed by atoms with Crippen molar-refractivity contribution >= 4 is 5.91 Å². The number of amides is 1. The third-order valence-corrected chi connectivity index (χ3v) is 3.72. The van der Waals surface area contributed by atoms with Gasteiger partial charge in [-0.25, -0.2) is 0 Å². The minimum Gasteiger partial charge on any atom is -0.340 e. The van der Waals surface area contributed by atoms with Crippen molar-refractivity contribution in [3.05, 3.63) is 0 Å². The first-order valence-electron chi connectivity index (χ1n) is 5.92. The third kappa shape index (κ3) is 2.49. The first-order chi connectivity index (χ1) is 7.16. The van der Waals surface area contributed by atoms with Gasteiger partial charge in [-0.3, -0.25) is 9.69 Å². The van der Waals surface area contributed by atoms with Crippen molar-refractivity contribution in [1.82, 2.24) is 9.80 Å². The Morgan fingerprint density at radius 3 is 2.33 bits per heavy atom. The molecule has 1 aliphatic heterocycles. The molecular formula is C11H21N3O. The van der Waals surface area contributed by atoms with Gasteiger partial charge in [0.05, 0.1) is 0 Å². The van der Waals surface area contributed by atoms with Crippen molar-refractivity contribution in [2.45, 2.75) is 38.3 Å². The zero-order valence-electron chi connectivity index (χ0n) is 9.48. The molecule has 15 heavy (non-hydrogen) atoms. The molecule has 1 saturated carbocycles. The van der Waals surface area contributed by atoms with Gasteiger partial charge in [-0.05, 0) is 19.3 Å². The van der Waals surface area contributed by atoms with E-state index in [-0.39, 0.29) is 5.91 Å². The summed E-state index contributed by atoms with van der Waals surface area (Å²) in [6.45, 7) is 5.48. The molecule has 1 aliphatic carbocycles. The van der Waals surface area contributed by atoms with E-state index >= 15 is 0 Å². The Bertz CT molecular complexity index is 236. The lowest BCUT2D eigenvalue weighted by Gasteiger charge is -2.37. The predicted octanol–water partition coefficient (Wildman–Crippen LogP) is 0.0303. The maximum absolute atomic E-state index is 11.2. The highest BCUT2D eigenvalue weighted by molar-refractivity contribution is 5.73. The standard InChI is InChI=1S/C11H21N3O/c1-9(15)13-4-6-14(7-5-13)11-3-2-10(12)8-11/h10-11H,2-8,12H2,1H3/t10-,11+/m0/s1. The molecule has 2 fully saturated rings. The number of hydrogen-bond donors (Lipinski definition) is 1. The second-order valence-electron chi connectivity index (χ2n) is 4.77. The van der Waals surface area contributed by atoms with Crippen molar-refractivity contribution in [3.63, 3.8) is 0 Å². The van der Waals surface area contributed by atoms with Gasteiger partial charge in [0.15, 0.2) is 0 Å². The first-order valence-corrected chi connectivity index (χ1v) is 5.92. The van der Waals surface area contributed by atoms with Gasteiger partial charge in [0.1, 0.15) is 0 Å². The van der Waals surface area contributed by atoms with E-state index < -0.39 is 0 Å². The van der Waals surface area contributed by atoms with Gasteiger partial charge in [-0.1, -0.05) is 0 Å². The summed E-state index contributed by atoms with van der Waals surface area (Å²) in [6.07, 6.45) is 3.54. The number of nitrogens with two attached hydrogens (primary N) is 1.